The summed E-state index contributed by atoms with van der Waals surface area (Å²) in [6, 6.07) is 7.75. The predicted octanol–water partition coefficient (Wildman–Crippen LogP) is 1.49. The summed E-state index contributed by atoms with van der Waals surface area (Å²) in [6.45, 7) is 0. The van der Waals surface area contributed by atoms with Crippen molar-refractivity contribution < 1.29 is 4.74 Å². The Balaban J connectivity index is 2.50. The van der Waals surface area contributed by atoms with Crippen molar-refractivity contribution >= 4 is 0 Å². The zero-order chi connectivity index (χ0) is 9.97. The summed E-state index contributed by atoms with van der Waals surface area (Å²) in [5, 5.41) is 8.23. The van der Waals surface area contributed by atoms with Gasteiger partial charge in [0.1, 0.15) is 11.4 Å². The lowest BCUT2D eigenvalue weighted by Crippen LogP contribution is -1.92. The monoisotopic (exact) mass is 189 g/mol. The fourth-order valence-electron chi connectivity index (χ4n) is 1.33. The minimum absolute atomic E-state index is 0.813. The number of hydrogen-bond donors (Lipinski definition) is 0. The van der Waals surface area contributed by atoms with Gasteiger partial charge in [-0.3, -0.25) is 0 Å². The molecule has 0 saturated carbocycles. The zero-order valence-corrected chi connectivity index (χ0v) is 8.14. The van der Waals surface area contributed by atoms with E-state index in [0.717, 1.165) is 17.0 Å². The molecule has 4 nitrogen and oxygen atoms in total. The maximum absolute atomic E-state index is 5.23. The molecule has 0 atom stereocenters. The molecule has 2 rings (SSSR count). The van der Waals surface area contributed by atoms with E-state index < -0.39 is 0 Å². The lowest BCUT2D eigenvalue weighted by molar-refractivity contribution is 0.416. The number of rotatable bonds is 2. The average Bonchev–Trinajstić information content (AvgIpc) is 2.65. The highest BCUT2D eigenvalue weighted by Crippen LogP contribution is 2.26. The second-order valence-electron chi connectivity index (χ2n) is 2.92. The van der Waals surface area contributed by atoms with Gasteiger partial charge in [-0.25, -0.2) is 0 Å². The van der Waals surface area contributed by atoms with Crippen LogP contribution in [-0.2, 0) is 7.05 Å². The van der Waals surface area contributed by atoms with Crippen LogP contribution in [0.15, 0.2) is 30.5 Å². The molecule has 0 unspecified atom stereocenters. The number of nitrogens with zero attached hydrogens (tertiary/aromatic N) is 3. The van der Waals surface area contributed by atoms with Crippen LogP contribution in [0.4, 0.5) is 0 Å². The summed E-state index contributed by atoms with van der Waals surface area (Å²) in [7, 11) is 3.44. The van der Waals surface area contributed by atoms with E-state index in [-0.39, 0.29) is 0 Å². The van der Waals surface area contributed by atoms with Crippen molar-refractivity contribution in [3.63, 3.8) is 0 Å². The van der Waals surface area contributed by atoms with Crippen LogP contribution in [0, 0.1) is 0 Å². The second kappa shape index (κ2) is 3.49. The van der Waals surface area contributed by atoms with E-state index in [1.807, 2.05) is 24.3 Å². The van der Waals surface area contributed by atoms with Gasteiger partial charge in [0.25, 0.3) is 0 Å². The number of ether oxygens (including phenoxy) is 1. The minimum atomic E-state index is 0.813. The van der Waals surface area contributed by atoms with Crippen LogP contribution in [0.3, 0.4) is 0 Å². The molecule has 0 saturated heterocycles. The number of aromatic nitrogens is 3. The summed E-state index contributed by atoms with van der Waals surface area (Å²) >= 11 is 0. The third-order valence-electron chi connectivity index (χ3n) is 1.98. The maximum atomic E-state index is 5.23. The highest BCUT2D eigenvalue weighted by molar-refractivity contribution is 5.65. The second-order valence-corrected chi connectivity index (χ2v) is 2.92. The Bertz CT molecular complexity index is 436. The van der Waals surface area contributed by atoms with Crippen molar-refractivity contribution in [3.8, 4) is 17.0 Å². The predicted molar refractivity (Wildman–Crippen MR) is 53.0 cm³/mol. The molecule has 0 spiro atoms. The number of para-hydroxylation sites is 1. The number of benzene rings is 1. The fraction of sp³-hybridized carbons (Fsp3) is 0.200. The minimum Gasteiger partial charge on any atom is -0.496 e. The Kier molecular flexibility index (Phi) is 2.18. The van der Waals surface area contributed by atoms with E-state index in [4.69, 9.17) is 4.74 Å². The normalized spacial score (nSPS) is 10.1. The third kappa shape index (κ3) is 1.46. The van der Waals surface area contributed by atoms with Gasteiger partial charge in [0.05, 0.1) is 13.3 Å². The molecule has 1 aromatic heterocycles. The first-order valence-corrected chi connectivity index (χ1v) is 4.31. The van der Waals surface area contributed by atoms with Gasteiger partial charge >= 0.3 is 0 Å². The van der Waals surface area contributed by atoms with Crippen molar-refractivity contribution in [2.75, 3.05) is 7.11 Å². The van der Waals surface area contributed by atoms with Crippen LogP contribution in [0.1, 0.15) is 0 Å². The first-order chi connectivity index (χ1) is 6.81. The third-order valence-corrected chi connectivity index (χ3v) is 1.98. The van der Waals surface area contributed by atoms with E-state index in [2.05, 4.69) is 10.2 Å². The highest BCUT2D eigenvalue weighted by atomic mass is 16.5. The van der Waals surface area contributed by atoms with Crippen LogP contribution >= 0.6 is 0 Å². The Hall–Kier alpha value is -1.84. The standard InChI is InChI=1S/C10H11N3O/c1-13-11-7-9(12-13)8-5-3-4-6-10(8)14-2/h3-7H,1-2H3. The molecule has 0 amide bonds. The average molecular weight is 189 g/mol. The molecule has 2 aromatic rings. The smallest absolute Gasteiger partial charge is 0.128 e. The molecule has 0 radical (unpaired) electrons. The van der Waals surface area contributed by atoms with Crippen molar-refractivity contribution in [1.82, 2.24) is 15.0 Å². The van der Waals surface area contributed by atoms with Crippen molar-refractivity contribution in [2.45, 2.75) is 0 Å². The molecular weight excluding hydrogens is 178 g/mol. The van der Waals surface area contributed by atoms with E-state index >= 15 is 0 Å². The van der Waals surface area contributed by atoms with Crippen LogP contribution in [0.25, 0.3) is 11.3 Å². The highest BCUT2D eigenvalue weighted by Gasteiger charge is 2.07. The van der Waals surface area contributed by atoms with Crippen molar-refractivity contribution in [3.05, 3.63) is 30.5 Å². The molecule has 1 heterocycles. The van der Waals surface area contributed by atoms with Gasteiger partial charge in [-0.2, -0.15) is 15.0 Å². The van der Waals surface area contributed by atoms with Crippen molar-refractivity contribution in [2.24, 2.45) is 7.05 Å². The lowest BCUT2D eigenvalue weighted by Gasteiger charge is -2.03. The lowest BCUT2D eigenvalue weighted by atomic mass is 10.1. The molecule has 0 fully saturated rings. The number of methoxy groups -OCH3 is 1. The summed E-state index contributed by atoms with van der Waals surface area (Å²) in [6.07, 6.45) is 1.72. The van der Waals surface area contributed by atoms with Crippen LogP contribution < -0.4 is 4.74 Å². The molecule has 0 N–H and O–H groups in total. The number of aryl methyl sites for hydroxylation is 1. The first-order valence-electron chi connectivity index (χ1n) is 4.31. The Morgan fingerprint density at radius 2 is 2.07 bits per heavy atom. The summed E-state index contributed by atoms with van der Waals surface area (Å²) < 4.78 is 5.23. The Morgan fingerprint density at radius 3 is 2.71 bits per heavy atom. The topological polar surface area (TPSA) is 39.9 Å². The Labute approximate surface area is 82.1 Å². The van der Waals surface area contributed by atoms with Crippen LogP contribution in [0.2, 0.25) is 0 Å². The molecule has 4 heteroatoms. The van der Waals surface area contributed by atoms with E-state index in [9.17, 15) is 0 Å². The van der Waals surface area contributed by atoms with Gasteiger partial charge in [0, 0.05) is 12.6 Å². The molecule has 1 aromatic carbocycles. The largest absolute Gasteiger partial charge is 0.496 e. The Morgan fingerprint density at radius 1 is 1.29 bits per heavy atom. The summed E-state index contributed by atoms with van der Waals surface area (Å²) in [4.78, 5) is 1.53. The summed E-state index contributed by atoms with van der Waals surface area (Å²) in [5.74, 6) is 0.813. The van der Waals surface area contributed by atoms with Gasteiger partial charge in [-0.15, -0.1) is 0 Å². The molecule has 72 valence electrons. The SMILES string of the molecule is COc1ccccc1-c1cnn(C)n1. The van der Waals surface area contributed by atoms with Gasteiger partial charge < -0.3 is 4.74 Å². The molecular formula is C10H11N3O. The molecule has 0 aliphatic carbocycles. The van der Waals surface area contributed by atoms with Gasteiger partial charge in [-0.05, 0) is 12.1 Å². The van der Waals surface area contributed by atoms with Gasteiger partial charge in [0.15, 0.2) is 0 Å². The van der Waals surface area contributed by atoms with Gasteiger partial charge in [-0.1, -0.05) is 12.1 Å². The van der Waals surface area contributed by atoms with E-state index in [1.54, 1.807) is 20.4 Å². The molecule has 0 aliphatic rings. The van der Waals surface area contributed by atoms with Gasteiger partial charge in [0.2, 0.25) is 0 Å². The van der Waals surface area contributed by atoms with E-state index in [0.29, 0.717) is 0 Å². The summed E-state index contributed by atoms with van der Waals surface area (Å²) in [5.41, 5.74) is 1.79. The molecule has 0 aliphatic heterocycles. The molecule has 14 heavy (non-hydrogen) atoms. The van der Waals surface area contributed by atoms with Crippen LogP contribution in [-0.4, -0.2) is 22.1 Å². The maximum Gasteiger partial charge on any atom is 0.128 e. The fourth-order valence-corrected chi connectivity index (χ4v) is 1.33. The molecule has 0 bridgehead atoms. The van der Waals surface area contributed by atoms with Crippen LogP contribution in [0.5, 0.6) is 5.75 Å². The number of hydrogen-bond acceptors (Lipinski definition) is 3. The van der Waals surface area contributed by atoms with Crippen molar-refractivity contribution in [1.29, 1.82) is 0 Å². The zero-order valence-electron chi connectivity index (χ0n) is 8.14. The quantitative estimate of drug-likeness (QED) is 0.718. The first kappa shape index (κ1) is 8.74. The van der Waals surface area contributed by atoms with E-state index in [1.165, 1.54) is 4.80 Å².